The van der Waals surface area contributed by atoms with E-state index in [-0.39, 0.29) is 0 Å². The molecule has 2 rings (SSSR count). The summed E-state index contributed by atoms with van der Waals surface area (Å²) in [7, 11) is 0. The molecule has 3 nitrogen and oxygen atoms in total. The Morgan fingerprint density at radius 1 is 1.50 bits per heavy atom. The van der Waals surface area contributed by atoms with Crippen molar-refractivity contribution >= 4 is 5.69 Å². The first-order valence-electron chi connectivity index (χ1n) is 6.66. The molecule has 0 aromatic heterocycles. The highest BCUT2D eigenvalue weighted by Crippen LogP contribution is 2.19. The monoisotopic (exact) mass is 244 g/mol. The molecule has 1 aromatic rings. The molecule has 1 N–H and O–H groups in total. The first kappa shape index (κ1) is 12.9. The fraction of sp³-hybridized carbons (Fsp3) is 0.533. The van der Waals surface area contributed by atoms with Crippen molar-refractivity contribution in [3.8, 4) is 6.07 Å². The fourth-order valence-electron chi connectivity index (χ4n) is 2.39. The Morgan fingerprint density at radius 3 is 3.11 bits per heavy atom. The molecule has 1 aliphatic rings. The lowest BCUT2D eigenvalue weighted by Crippen LogP contribution is -2.09. The third kappa shape index (κ3) is 3.24. The van der Waals surface area contributed by atoms with Gasteiger partial charge in [0, 0.05) is 13.2 Å². The second-order valence-electron chi connectivity index (χ2n) is 4.81. The van der Waals surface area contributed by atoms with Gasteiger partial charge in [0.25, 0.3) is 0 Å². The molecule has 1 atom stereocenters. The van der Waals surface area contributed by atoms with Crippen LogP contribution >= 0.6 is 0 Å². The summed E-state index contributed by atoms with van der Waals surface area (Å²) in [6.45, 7) is 3.79. The number of anilines is 1. The van der Waals surface area contributed by atoms with Gasteiger partial charge in [0.15, 0.2) is 0 Å². The van der Waals surface area contributed by atoms with Crippen LogP contribution < -0.4 is 5.32 Å². The van der Waals surface area contributed by atoms with Crippen LogP contribution in [0.5, 0.6) is 0 Å². The van der Waals surface area contributed by atoms with Gasteiger partial charge >= 0.3 is 0 Å². The van der Waals surface area contributed by atoms with Crippen molar-refractivity contribution in [3.63, 3.8) is 0 Å². The lowest BCUT2D eigenvalue weighted by atomic mass is 10.1. The van der Waals surface area contributed by atoms with E-state index < -0.39 is 0 Å². The molecule has 1 saturated heterocycles. The van der Waals surface area contributed by atoms with Crippen LogP contribution in [-0.2, 0) is 4.74 Å². The minimum absolute atomic E-state index is 0.458. The summed E-state index contributed by atoms with van der Waals surface area (Å²) < 4.78 is 5.59. The van der Waals surface area contributed by atoms with Crippen LogP contribution in [0, 0.1) is 18.3 Å². The third-order valence-electron chi connectivity index (χ3n) is 3.43. The SMILES string of the molecule is Cc1cccc(NCCCC2CCCO2)c1C#N. The molecule has 0 spiro atoms. The number of rotatable bonds is 5. The molecule has 0 aliphatic carbocycles. The molecule has 1 aliphatic heterocycles. The number of nitriles is 1. The van der Waals surface area contributed by atoms with Gasteiger partial charge in [-0.05, 0) is 44.2 Å². The largest absolute Gasteiger partial charge is 0.384 e. The number of hydrogen-bond donors (Lipinski definition) is 1. The summed E-state index contributed by atoms with van der Waals surface area (Å²) >= 11 is 0. The van der Waals surface area contributed by atoms with E-state index in [1.54, 1.807) is 0 Å². The Kier molecular flexibility index (Phi) is 4.60. The van der Waals surface area contributed by atoms with Crippen LogP contribution in [0.25, 0.3) is 0 Å². The Morgan fingerprint density at radius 2 is 2.39 bits per heavy atom. The molecular weight excluding hydrogens is 224 g/mol. The lowest BCUT2D eigenvalue weighted by molar-refractivity contribution is 0.103. The molecule has 96 valence electrons. The minimum atomic E-state index is 0.458. The van der Waals surface area contributed by atoms with E-state index in [2.05, 4.69) is 11.4 Å². The van der Waals surface area contributed by atoms with Crippen molar-refractivity contribution in [2.24, 2.45) is 0 Å². The number of nitrogens with one attached hydrogen (secondary N) is 1. The van der Waals surface area contributed by atoms with Gasteiger partial charge in [0.2, 0.25) is 0 Å². The zero-order valence-electron chi connectivity index (χ0n) is 10.9. The van der Waals surface area contributed by atoms with Gasteiger partial charge in [-0.3, -0.25) is 0 Å². The Bertz CT molecular complexity index is 431. The maximum Gasteiger partial charge on any atom is 0.102 e. The molecule has 0 bridgehead atoms. The minimum Gasteiger partial charge on any atom is -0.384 e. The van der Waals surface area contributed by atoms with Crippen LogP contribution in [0.3, 0.4) is 0 Å². The van der Waals surface area contributed by atoms with Gasteiger partial charge in [-0.2, -0.15) is 5.26 Å². The number of ether oxygens (including phenoxy) is 1. The van der Waals surface area contributed by atoms with Crippen LogP contribution in [0.15, 0.2) is 18.2 Å². The molecule has 1 unspecified atom stereocenters. The molecular formula is C15H20N2O. The van der Waals surface area contributed by atoms with Crippen LogP contribution in [-0.4, -0.2) is 19.3 Å². The summed E-state index contributed by atoms with van der Waals surface area (Å²) in [5.74, 6) is 0. The van der Waals surface area contributed by atoms with Gasteiger partial charge in [-0.1, -0.05) is 12.1 Å². The summed E-state index contributed by atoms with van der Waals surface area (Å²) in [5.41, 5.74) is 2.74. The molecule has 3 heteroatoms. The van der Waals surface area contributed by atoms with E-state index >= 15 is 0 Å². The van der Waals surface area contributed by atoms with E-state index in [1.807, 2.05) is 25.1 Å². The normalized spacial score (nSPS) is 18.6. The van der Waals surface area contributed by atoms with E-state index in [9.17, 15) is 0 Å². The quantitative estimate of drug-likeness (QED) is 0.809. The van der Waals surface area contributed by atoms with Crippen molar-refractivity contribution < 1.29 is 4.74 Å². The van der Waals surface area contributed by atoms with Crippen LogP contribution in [0.4, 0.5) is 5.69 Å². The standard InChI is InChI=1S/C15H20N2O/c1-12-5-2-8-15(14(12)11-16)17-9-3-6-13-7-4-10-18-13/h2,5,8,13,17H,3-4,6-7,9-10H2,1H3. The van der Waals surface area contributed by atoms with E-state index in [4.69, 9.17) is 10.00 Å². The van der Waals surface area contributed by atoms with Crippen molar-refractivity contribution in [3.05, 3.63) is 29.3 Å². The van der Waals surface area contributed by atoms with Crippen molar-refractivity contribution in [1.29, 1.82) is 5.26 Å². The average molecular weight is 244 g/mol. The first-order chi connectivity index (χ1) is 8.81. The predicted octanol–water partition coefficient (Wildman–Crippen LogP) is 3.24. The second-order valence-corrected chi connectivity index (χ2v) is 4.81. The highest BCUT2D eigenvalue weighted by Gasteiger charge is 2.14. The molecule has 0 radical (unpaired) electrons. The summed E-state index contributed by atoms with van der Waals surface area (Å²) in [4.78, 5) is 0. The van der Waals surface area contributed by atoms with E-state index in [0.717, 1.165) is 42.8 Å². The molecule has 1 heterocycles. The molecule has 0 saturated carbocycles. The topological polar surface area (TPSA) is 45.0 Å². The first-order valence-corrected chi connectivity index (χ1v) is 6.66. The summed E-state index contributed by atoms with van der Waals surface area (Å²) in [5, 5.41) is 12.5. The van der Waals surface area contributed by atoms with Crippen LogP contribution in [0.2, 0.25) is 0 Å². The number of benzene rings is 1. The zero-order chi connectivity index (χ0) is 12.8. The fourth-order valence-corrected chi connectivity index (χ4v) is 2.39. The van der Waals surface area contributed by atoms with Gasteiger partial charge in [-0.15, -0.1) is 0 Å². The maximum absolute atomic E-state index is 9.12. The number of aryl methyl sites for hydroxylation is 1. The zero-order valence-corrected chi connectivity index (χ0v) is 10.9. The van der Waals surface area contributed by atoms with E-state index in [1.165, 1.54) is 12.8 Å². The van der Waals surface area contributed by atoms with E-state index in [0.29, 0.717) is 6.10 Å². The van der Waals surface area contributed by atoms with Gasteiger partial charge in [-0.25, -0.2) is 0 Å². The Balaban J connectivity index is 1.79. The Labute approximate surface area is 109 Å². The molecule has 1 aromatic carbocycles. The van der Waals surface area contributed by atoms with Crippen molar-refractivity contribution in [2.75, 3.05) is 18.5 Å². The highest BCUT2D eigenvalue weighted by molar-refractivity contribution is 5.60. The van der Waals surface area contributed by atoms with Crippen molar-refractivity contribution in [1.82, 2.24) is 0 Å². The molecule has 18 heavy (non-hydrogen) atoms. The van der Waals surface area contributed by atoms with Gasteiger partial charge < -0.3 is 10.1 Å². The maximum atomic E-state index is 9.12. The molecule has 0 amide bonds. The third-order valence-corrected chi connectivity index (χ3v) is 3.43. The Hall–Kier alpha value is -1.53. The predicted molar refractivity (Wildman–Crippen MR) is 72.6 cm³/mol. The van der Waals surface area contributed by atoms with Crippen LogP contribution in [0.1, 0.15) is 36.8 Å². The lowest BCUT2D eigenvalue weighted by Gasteiger charge is -2.12. The van der Waals surface area contributed by atoms with Gasteiger partial charge in [0.1, 0.15) is 6.07 Å². The highest BCUT2D eigenvalue weighted by atomic mass is 16.5. The average Bonchev–Trinajstić information content (AvgIpc) is 2.88. The molecule has 1 fully saturated rings. The van der Waals surface area contributed by atoms with Crippen molar-refractivity contribution in [2.45, 2.75) is 38.7 Å². The smallest absolute Gasteiger partial charge is 0.102 e. The summed E-state index contributed by atoms with van der Waals surface area (Å²) in [6, 6.07) is 8.18. The van der Waals surface area contributed by atoms with Gasteiger partial charge in [0.05, 0.1) is 17.4 Å². The summed E-state index contributed by atoms with van der Waals surface area (Å²) in [6.07, 6.45) is 5.06. The number of hydrogen-bond acceptors (Lipinski definition) is 3. The second kappa shape index (κ2) is 6.42. The number of nitrogens with zero attached hydrogens (tertiary/aromatic N) is 1.